The lowest BCUT2D eigenvalue weighted by Crippen LogP contribution is -2.36. The summed E-state index contributed by atoms with van der Waals surface area (Å²) < 4.78 is 0. The SMILES string of the molecule is CCC(C)[C@H](N=[N+]=[N-])C(=O)NCc1ccccc1. The second-order valence-corrected chi connectivity index (χ2v) is 4.24. The van der Waals surface area contributed by atoms with Gasteiger partial charge in [0.2, 0.25) is 5.91 Å². The first kappa shape index (κ1) is 14.1. The van der Waals surface area contributed by atoms with Gasteiger partial charge in [0, 0.05) is 11.5 Å². The summed E-state index contributed by atoms with van der Waals surface area (Å²) in [7, 11) is 0. The van der Waals surface area contributed by atoms with Gasteiger partial charge in [-0.25, -0.2) is 0 Å². The molecule has 0 spiro atoms. The van der Waals surface area contributed by atoms with E-state index < -0.39 is 6.04 Å². The summed E-state index contributed by atoms with van der Waals surface area (Å²) in [6, 6.07) is 9.00. The van der Waals surface area contributed by atoms with E-state index in [4.69, 9.17) is 5.53 Å². The first-order valence-electron chi connectivity index (χ1n) is 6.04. The Labute approximate surface area is 107 Å². The number of nitrogens with one attached hydrogen (secondary N) is 1. The second kappa shape index (κ2) is 7.35. The van der Waals surface area contributed by atoms with Crippen molar-refractivity contribution in [2.45, 2.75) is 32.9 Å². The van der Waals surface area contributed by atoms with Gasteiger partial charge in [-0.3, -0.25) is 4.79 Å². The van der Waals surface area contributed by atoms with Crippen LogP contribution in [0.1, 0.15) is 25.8 Å². The van der Waals surface area contributed by atoms with Gasteiger partial charge in [0.05, 0.1) is 0 Å². The lowest BCUT2D eigenvalue weighted by atomic mass is 9.99. The van der Waals surface area contributed by atoms with Gasteiger partial charge in [0.15, 0.2) is 0 Å². The van der Waals surface area contributed by atoms with Crippen LogP contribution in [-0.2, 0) is 11.3 Å². The summed E-state index contributed by atoms with van der Waals surface area (Å²) in [5.41, 5.74) is 9.52. The van der Waals surface area contributed by atoms with E-state index in [1.165, 1.54) is 0 Å². The topological polar surface area (TPSA) is 77.9 Å². The Hall–Kier alpha value is -2.00. The highest BCUT2D eigenvalue weighted by atomic mass is 16.2. The van der Waals surface area contributed by atoms with E-state index in [2.05, 4.69) is 15.3 Å². The zero-order valence-corrected chi connectivity index (χ0v) is 10.7. The molecule has 1 N–H and O–H groups in total. The molecule has 1 aromatic carbocycles. The number of hydrogen-bond acceptors (Lipinski definition) is 2. The smallest absolute Gasteiger partial charge is 0.229 e. The highest BCUT2D eigenvalue weighted by molar-refractivity contribution is 5.82. The molecule has 1 rings (SSSR count). The zero-order valence-electron chi connectivity index (χ0n) is 10.7. The molecule has 1 unspecified atom stereocenters. The fraction of sp³-hybridized carbons (Fsp3) is 0.462. The lowest BCUT2D eigenvalue weighted by Gasteiger charge is -2.17. The molecule has 0 heterocycles. The predicted octanol–water partition coefficient (Wildman–Crippen LogP) is 3.03. The van der Waals surface area contributed by atoms with Gasteiger partial charge in [0.25, 0.3) is 0 Å². The Bertz CT molecular complexity index is 426. The van der Waals surface area contributed by atoms with Gasteiger partial charge in [0.1, 0.15) is 6.04 Å². The van der Waals surface area contributed by atoms with Crippen molar-refractivity contribution in [3.63, 3.8) is 0 Å². The Kier molecular flexibility index (Phi) is 5.74. The fourth-order valence-electron chi connectivity index (χ4n) is 1.59. The monoisotopic (exact) mass is 246 g/mol. The van der Waals surface area contributed by atoms with Gasteiger partial charge in [-0.15, -0.1) is 0 Å². The van der Waals surface area contributed by atoms with E-state index in [-0.39, 0.29) is 11.8 Å². The van der Waals surface area contributed by atoms with Crippen LogP contribution in [-0.4, -0.2) is 11.9 Å². The molecule has 0 radical (unpaired) electrons. The highest BCUT2D eigenvalue weighted by Gasteiger charge is 2.22. The van der Waals surface area contributed by atoms with E-state index in [1.807, 2.05) is 44.2 Å². The minimum absolute atomic E-state index is 0.0386. The van der Waals surface area contributed by atoms with Gasteiger partial charge >= 0.3 is 0 Å². The van der Waals surface area contributed by atoms with Crippen LogP contribution >= 0.6 is 0 Å². The van der Waals surface area contributed by atoms with Crippen molar-refractivity contribution < 1.29 is 4.79 Å². The lowest BCUT2D eigenvalue weighted by molar-refractivity contribution is -0.123. The molecule has 5 heteroatoms. The molecule has 0 fully saturated rings. The number of carbonyl (C=O) groups is 1. The number of hydrogen-bond donors (Lipinski definition) is 1. The Morgan fingerprint density at radius 2 is 2.11 bits per heavy atom. The fourth-order valence-corrected chi connectivity index (χ4v) is 1.59. The molecule has 0 aliphatic carbocycles. The van der Waals surface area contributed by atoms with Crippen molar-refractivity contribution in [3.8, 4) is 0 Å². The van der Waals surface area contributed by atoms with E-state index in [0.29, 0.717) is 6.54 Å². The third-order valence-corrected chi connectivity index (χ3v) is 2.94. The highest BCUT2D eigenvalue weighted by Crippen LogP contribution is 2.12. The van der Waals surface area contributed by atoms with Crippen molar-refractivity contribution >= 4 is 5.91 Å². The Balaban J connectivity index is 2.60. The third-order valence-electron chi connectivity index (χ3n) is 2.94. The third kappa shape index (κ3) is 4.11. The van der Waals surface area contributed by atoms with Gasteiger partial charge < -0.3 is 5.32 Å². The van der Waals surface area contributed by atoms with Crippen LogP contribution in [0.2, 0.25) is 0 Å². The summed E-state index contributed by atoms with van der Waals surface area (Å²) in [6.45, 7) is 4.32. The first-order valence-corrected chi connectivity index (χ1v) is 6.04. The van der Waals surface area contributed by atoms with Crippen molar-refractivity contribution in [1.82, 2.24) is 5.32 Å². The molecule has 18 heavy (non-hydrogen) atoms. The molecule has 2 atom stereocenters. The number of rotatable bonds is 6. The molecule has 0 aliphatic rings. The first-order chi connectivity index (χ1) is 8.69. The van der Waals surface area contributed by atoms with Crippen LogP contribution in [0.5, 0.6) is 0 Å². The maximum Gasteiger partial charge on any atom is 0.229 e. The van der Waals surface area contributed by atoms with Gasteiger partial charge in [-0.05, 0) is 17.0 Å². The van der Waals surface area contributed by atoms with Crippen LogP contribution in [0.15, 0.2) is 35.4 Å². The van der Waals surface area contributed by atoms with Crippen molar-refractivity contribution in [2.24, 2.45) is 11.0 Å². The number of azide groups is 1. The summed E-state index contributed by atoms with van der Waals surface area (Å²) in [4.78, 5) is 14.7. The van der Waals surface area contributed by atoms with Crippen molar-refractivity contribution in [2.75, 3.05) is 0 Å². The molecule has 1 aromatic rings. The quantitative estimate of drug-likeness (QED) is 0.467. The van der Waals surface area contributed by atoms with E-state index >= 15 is 0 Å². The summed E-state index contributed by atoms with van der Waals surface area (Å²) in [5, 5.41) is 6.37. The molecule has 96 valence electrons. The molecule has 0 bridgehead atoms. The summed E-state index contributed by atoms with van der Waals surface area (Å²) in [5.74, 6) is -0.178. The molecule has 0 aromatic heterocycles. The number of benzene rings is 1. The molecule has 0 aliphatic heterocycles. The van der Waals surface area contributed by atoms with Crippen LogP contribution in [0, 0.1) is 5.92 Å². The number of amides is 1. The summed E-state index contributed by atoms with van der Waals surface area (Å²) >= 11 is 0. The minimum Gasteiger partial charge on any atom is -0.352 e. The maximum absolute atomic E-state index is 11.9. The van der Waals surface area contributed by atoms with E-state index in [0.717, 1.165) is 12.0 Å². The largest absolute Gasteiger partial charge is 0.352 e. The Morgan fingerprint density at radius 3 is 2.67 bits per heavy atom. The number of carbonyl (C=O) groups excluding carboxylic acids is 1. The van der Waals surface area contributed by atoms with Crippen molar-refractivity contribution in [3.05, 3.63) is 46.3 Å². The molecular weight excluding hydrogens is 228 g/mol. The van der Waals surface area contributed by atoms with Crippen LogP contribution < -0.4 is 5.32 Å². The average molecular weight is 246 g/mol. The molecule has 0 saturated heterocycles. The van der Waals surface area contributed by atoms with Gasteiger partial charge in [-0.2, -0.15) is 0 Å². The van der Waals surface area contributed by atoms with Crippen LogP contribution in [0.3, 0.4) is 0 Å². The van der Waals surface area contributed by atoms with E-state index in [9.17, 15) is 4.79 Å². The van der Waals surface area contributed by atoms with Crippen LogP contribution in [0.25, 0.3) is 10.4 Å². The molecule has 5 nitrogen and oxygen atoms in total. The predicted molar refractivity (Wildman–Crippen MR) is 70.7 cm³/mol. The van der Waals surface area contributed by atoms with E-state index in [1.54, 1.807) is 0 Å². The normalized spacial score (nSPS) is 13.2. The number of nitrogens with zero attached hydrogens (tertiary/aromatic N) is 3. The molecular formula is C13H18N4O. The minimum atomic E-state index is -0.635. The van der Waals surface area contributed by atoms with Crippen LogP contribution in [0.4, 0.5) is 0 Å². The Morgan fingerprint density at radius 1 is 1.44 bits per heavy atom. The molecule has 0 saturated carbocycles. The molecule has 1 amide bonds. The standard InChI is InChI=1S/C13H18N4O/c1-3-10(2)12(16-17-14)13(18)15-9-11-7-5-4-6-8-11/h4-8,10,12H,3,9H2,1-2H3,(H,15,18)/t10?,12-/m0/s1. The second-order valence-electron chi connectivity index (χ2n) is 4.24. The van der Waals surface area contributed by atoms with Gasteiger partial charge in [-0.1, -0.05) is 55.7 Å². The maximum atomic E-state index is 11.9. The summed E-state index contributed by atoms with van der Waals surface area (Å²) in [6.07, 6.45) is 0.794. The average Bonchev–Trinajstić information content (AvgIpc) is 2.42. The van der Waals surface area contributed by atoms with Crippen molar-refractivity contribution in [1.29, 1.82) is 0 Å². The zero-order chi connectivity index (χ0) is 13.4.